The molecule has 0 spiro atoms. The van der Waals surface area contributed by atoms with Gasteiger partial charge in [-0.05, 0) is 40.1 Å². The van der Waals surface area contributed by atoms with Crippen molar-refractivity contribution in [1.29, 1.82) is 0 Å². The fourth-order valence-corrected chi connectivity index (χ4v) is 2.27. The van der Waals surface area contributed by atoms with E-state index >= 15 is 0 Å². The van der Waals surface area contributed by atoms with Crippen LogP contribution in [0.1, 0.15) is 21.5 Å². The van der Waals surface area contributed by atoms with Gasteiger partial charge in [-0.2, -0.15) is 11.3 Å². The van der Waals surface area contributed by atoms with Gasteiger partial charge in [0.1, 0.15) is 0 Å². The van der Waals surface area contributed by atoms with Crippen LogP contribution in [0.25, 0.3) is 0 Å². The Morgan fingerprint density at radius 2 is 1.94 bits per heavy atom. The molecule has 0 atom stereocenters. The van der Waals surface area contributed by atoms with Gasteiger partial charge in [0, 0.05) is 18.0 Å². The SMILES string of the molecule is O=C(NCc1ccsc1)c1ccc(CCl)cc1. The van der Waals surface area contributed by atoms with Crippen LogP contribution in [0.2, 0.25) is 0 Å². The van der Waals surface area contributed by atoms with E-state index in [0.717, 1.165) is 11.1 Å². The number of thiophene rings is 1. The van der Waals surface area contributed by atoms with E-state index in [0.29, 0.717) is 18.0 Å². The zero-order chi connectivity index (χ0) is 12.1. The zero-order valence-electron chi connectivity index (χ0n) is 9.15. The summed E-state index contributed by atoms with van der Waals surface area (Å²) in [6, 6.07) is 9.32. The molecule has 2 nitrogen and oxygen atoms in total. The molecule has 1 aromatic carbocycles. The number of hydrogen-bond donors (Lipinski definition) is 1. The van der Waals surface area contributed by atoms with Crippen molar-refractivity contribution in [3.8, 4) is 0 Å². The van der Waals surface area contributed by atoms with Crippen molar-refractivity contribution in [2.24, 2.45) is 0 Å². The molecule has 1 amide bonds. The first-order valence-corrected chi connectivity index (χ1v) is 6.71. The average Bonchev–Trinajstić information content (AvgIpc) is 2.89. The summed E-state index contributed by atoms with van der Waals surface area (Å²) >= 11 is 7.31. The molecule has 0 aliphatic rings. The second-order valence-electron chi connectivity index (χ2n) is 3.64. The third kappa shape index (κ3) is 3.32. The first kappa shape index (κ1) is 12.1. The summed E-state index contributed by atoms with van der Waals surface area (Å²) in [5.74, 6) is 0.411. The highest BCUT2D eigenvalue weighted by Gasteiger charge is 2.04. The number of alkyl halides is 1. The van der Waals surface area contributed by atoms with Crippen LogP contribution in [0.15, 0.2) is 41.1 Å². The average molecular weight is 266 g/mol. The minimum Gasteiger partial charge on any atom is -0.348 e. The summed E-state index contributed by atoms with van der Waals surface area (Å²) in [7, 11) is 0. The Balaban J connectivity index is 1.95. The highest BCUT2D eigenvalue weighted by atomic mass is 35.5. The van der Waals surface area contributed by atoms with Gasteiger partial charge in [-0.15, -0.1) is 11.6 Å². The van der Waals surface area contributed by atoms with E-state index in [1.807, 2.05) is 29.0 Å². The largest absolute Gasteiger partial charge is 0.348 e. The van der Waals surface area contributed by atoms with Crippen LogP contribution in [-0.2, 0) is 12.4 Å². The molecule has 2 aromatic rings. The molecule has 4 heteroatoms. The van der Waals surface area contributed by atoms with Crippen molar-refractivity contribution in [2.45, 2.75) is 12.4 Å². The molecule has 1 heterocycles. The number of rotatable bonds is 4. The van der Waals surface area contributed by atoms with Gasteiger partial charge in [0.2, 0.25) is 0 Å². The fourth-order valence-electron chi connectivity index (χ4n) is 1.42. The Hall–Kier alpha value is -1.32. The Labute approximate surface area is 109 Å². The summed E-state index contributed by atoms with van der Waals surface area (Å²) < 4.78 is 0. The molecule has 0 aliphatic heterocycles. The molecule has 0 bridgehead atoms. The van der Waals surface area contributed by atoms with Crippen LogP contribution in [-0.4, -0.2) is 5.91 Å². The fraction of sp³-hybridized carbons (Fsp3) is 0.154. The van der Waals surface area contributed by atoms with Crippen molar-refractivity contribution in [3.05, 3.63) is 57.8 Å². The number of carbonyl (C=O) groups is 1. The minimum atomic E-state index is -0.0580. The van der Waals surface area contributed by atoms with Gasteiger partial charge in [-0.1, -0.05) is 12.1 Å². The van der Waals surface area contributed by atoms with Gasteiger partial charge in [0.15, 0.2) is 0 Å². The maximum Gasteiger partial charge on any atom is 0.251 e. The predicted octanol–water partition coefficient (Wildman–Crippen LogP) is 3.42. The van der Waals surface area contributed by atoms with Crippen LogP contribution in [0.4, 0.5) is 0 Å². The molecular weight excluding hydrogens is 254 g/mol. The van der Waals surface area contributed by atoms with Crippen LogP contribution in [0, 0.1) is 0 Å². The molecule has 17 heavy (non-hydrogen) atoms. The Bertz CT molecular complexity index is 479. The molecule has 88 valence electrons. The molecule has 0 saturated heterocycles. The molecular formula is C13H12ClNOS. The lowest BCUT2D eigenvalue weighted by molar-refractivity contribution is 0.0951. The van der Waals surface area contributed by atoms with Crippen molar-refractivity contribution in [3.63, 3.8) is 0 Å². The summed E-state index contributed by atoms with van der Waals surface area (Å²) in [6.07, 6.45) is 0. The van der Waals surface area contributed by atoms with E-state index in [4.69, 9.17) is 11.6 Å². The van der Waals surface area contributed by atoms with Crippen molar-refractivity contribution < 1.29 is 4.79 Å². The minimum absolute atomic E-state index is 0.0580. The number of hydrogen-bond acceptors (Lipinski definition) is 2. The number of amides is 1. The lowest BCUT2D eigenvalue weighted by Crippen LogP contribution is -2.22. The molecule has 2 rings (SSSR count). The summed E-state index contributed by atoms with van der Waals surface area (Å²) in [5.41, 5.74) is 2.80. The highest BCUT2D eigenvalue weighted by Crippen LogP contribution is 2.08. The first-order chi connectivity index (χ1) is 8.29. The molecule has 1 aromatic heterocycles. The van der Waals surface area contributed by atoms with Crippen molar-refractivity contribution in [1.82, 2.24) is 5.32 Å². The second kappa shape index (κ2) is 5.84. The van der Waals surface area contributed by atoms with Gasteiger partial charge >= 0.3 is 0 Å². The van der Waals surface area contributed by atoms with E-state index in [2.05, 4.69) is 5.32 Å². The van der Waals surface area contributed by atoms with E-state index in [1.165, 1.54) is 0 Å². The lowest BCUT2D eigenvalue weighted by atomic mass is 10.1. The molecule has 0 saturated carbocycles. The van der Waals surface area contributed by atoms with E-state index in [9.17, 15) is 4.79 Å². The molecule has 0 unspecified atom stereocenters. The third-order valence-corrected chi connectivity index (χ3v) is 3.44. The van der Waals surface area contributed by atoms with Crippen LogP contribution >= 0.6 is 22.9 Å². The smallest absolute Gasteiger partial charge is 0.251 e. The van der Waals surface area contributed by atoms with Gasteiger partial charge in [0.05, 0.1) is 0 Å². The zero-order valence-corrected chi connectivity index (χ0v) is 10.7. The summed E-state index contributed by atoms with van der Waals surface area (Å²) in [5, 5.41) is 6.90. The van der Waals surface area contributed by atoms with E-state index in [-0.39, 0.29) is 5.91 Å². The van der Waals surface area contributed by atoms with E-state index in [1.54, 1.807) is 23.5 Å². The number of halogens is 1. The van der Waals surface area contributed by atoms with Crippen molar-refractivity contribution in [2.75, 3.05) is 0 Å². The second-order valence-corrected chi connectivity index (χ2v) is 4.69. The summed E-state index contributed by atoms with van der Waals surface area (Å²) in [6.45, 7) is 0.569. The monoisotopic (exact) mass is 265 g/mol. The number of benzene rings is 1. The van der Waals surface area contributed by atoms with E-state index < -0.39 is 0 Å². The molecule has 0 aliphatic carbocycles. The maximum absolute atomic E-state index is 11.8. The predicted molar refractivity (Wildman–Crippen MR) is 71.5 cm³/mol. The first-order valence-electron chi connectivity index (χ1n) is 5.24. The molecule has 1 N–H and O–H groups in total. The number of carbonyl (C=O) groups excluding carboxylic acids is 1. The standard InChI is InChI=1S/C13H12ClNOS/c14-7-10-1-3-12(4-2-10)13(16)15-8-11-5-6-17-9-11/h1-6,9H,7-8H2,(H,15,16). The Morgan fingerprint density at radius 3 is 2.53 bits per heavy atom. The normalized spacial score (nSPS) is 10.2. The third-order valence-electron chi connectivity index (χ3n) is 2.40. The van der Waals surface area contributed by atoms with Gasteiger partial charge in [0.25, 0.3) is 5.91 Å². The van der Waals surface area contributed by atoms with Gasteiger partial charge in [-0.3, -0.25) is 4.79 Å². The van der Waals surface area contributed by atoms with Crippen molar-refractivity contribution >= 4 is 28.8 Å². The van der Waals surface area contributed by atoms with Crippen LogP contribution in [0.5, 0.6) is 0 Å². The quantitative estimate of drug-likeness (QED) is 0.844. The molecule has 0 radical (unpaired) electrons. The Kier molecular flexibility index (Phi) is 4.18. The van der Waals surface area contributed by atoms with Crippen LogP contribution in [0.3, 0.4) is 0 Å². The maximum atomic E-state index is 11.8. The topological polar surface area (TPSA) is 29.1 Å². The lowest BCUT2D eigenvalue weighted by Gasteiger charge is -2.04. The van der Waals surface area contributed by atoms with Gasteiger partial charge < -0.3 is 5.32 Å². The summed E-state index contributed by atoms with van der Waals surface area (Å²) in [4.78, 5) is 11.8. The Morgan fingerprint density at radius 1 is 1.18 bits per heavy atom. The van der Waals surface area contributed by atoms with Crippen LogP contribution < -0.4 is 5.32 Å². The molecule has 0 fully saturated rings. The van der Waals surface area contributed by atoms with Gasteiger partial charge in [-0.25, -0.2) is 0 Å². The highest BCUT2D eigenvalue weighted by molar-refractivity contribution is 7.07. The number of nitrogens with one attached hydrogen (secondary N) is 1.